The van der Waals surface area contributed by atoms with Gasteiger partial charge < -0.3 is 41.3 Å². The third-order valence-corrected chi connectivity index (χ3v) is 5.17. The molecule has 26 heavy (non-hydrogen) atoms. The number of nitrogens with zero attached hydrogens (tertiary/aromatic N) is 3. The van der Waals surface area contributed by atoms with E-state index < -0.39 is 36.2 Å². The minimum atomic E-state index is -2.60. The second-order valence-electron chi connectivity index (χ2n) is 6.55. The molecule has 146 valence electrons. The Morgan fingerprint density at radius 3 is 2.88 bits per heavy atom. The number of hydroxylamine groups is 1. The molecule has 0 saturated carbocycles. The number of nitrogens with one attached hydrogen (secondary N) is 2. The number of aliphatic hydroxyl groups excluding tert-OH is 2. The fourth-order valence-electron chi connectivity index (χ4n) is 4.06. The van der Waals surface area contributed by atoms with Crippen molar-refractivity contribution in [2.24, 2.45) is 10.7 Å². The number of aliphatic hydroxyl groups is 4. The van der Waals surface area contributed by atoms with Crippen molar-refractivity contribution in [3.8, 4) is 0 Å². The smallest absolute Gasteiger partial charge is 0.245 e. The van der Waals surface area contributed by atoms with Crippen LogP contribution in [0.2, 0.25) is 0 Å². The van der Waals surface area contributed by atoms with E-state index in [-0.39, 0.29) is 37.2 Å². The number of hydrogen-bond acceptors (Lipinski definition) is 11. The summed E-state index contributed by atoms with van der Waals surface area (Å²) < 4.78 is 0. The van der Waals surface area contributed by atoms with Crippen LogP contribution in [0.3, 0.4) is 0 Å². The standard InChI is InChI=1S/C14H24N6O6/c1-7-17-13-11(19(7)4-3-10(23)18-26-2)8(6-21)16-12(15)20(13)5-9(22)14(13,24)25/h8-9,11,17,21-22,24-25H,1,3-6H2,2H3,(H2,15,16)(H,18,23)/t8-,9-,11-,13-/m0/s1. The van der Waals surface area contributed by atoms with Crippen LogP contribution in [0.25, 0.3) is 0 Å². The van der Waals surface area contributed by atoms with E-state index in [9.17, 15) is 25.2 Å². The molecule has 3 aliphatic rings. The van der Waals surface area contributed by atoms with E-state index in [0.717, 1.165) is 0 Å². The molecule has 2 fully saturated rings. The van der Waals surface area contributed by atoms with Crippen LogP contribution in [-0.4, -0.2) is 98.5 Å². The Kier molecular flexibility index (Phi) is 4.48. The van der Waals surface area contributed by atoms with Crippen LogP contribution in [0.4, 0.5) is 0 Å². The number of carbonyl (C=O) groups is 1. The monoisotopic (exact) mass is 372 g/mol. The maximum atomic E-state index is 11.7. The van der Waals surface area contributed by atoms with E-state index in [4.69, 9.17) is 5.73 Å². The minimum absolute atomic E-state index is 0.0187. The van der Waals surface area contributed by atoms with Crippen molar-refractivity contribution in [2.75, 3.05) is 26.8 Å². The van der Waals surface area contributed by atoms with E-state index in [2.05, 4.69) is 27.2 Å². The van der Waals surface area contributed by atoms with E-state index in [1.54, 1.807) is 4.90 Å². The van der Waals surface area contributed by atoms with E-state index in [1.165, 1.54) is 12.0 Å². The van der Waals surface area contributed by atoms with Gasteiger partial charge in [0.2, 0.25) is 11.7 Å². The summed E-state index contributed by atoms with van der Waals surface area (Å²) in [7, 11) is 1.31. The number of rotatable bonds is 5. The summed E-state index contributed by atoms with van der Waals surface area (Å²) in [4.78, 5) is 23.5. The normalized spacial score (nSPS) is 34.9. The fourth-order valence-corrected chi connectivity index (χ4v) is 4.06. The Balaban J connectivity index is 1.99. The van der Waals surface area contributed by atoms with Gasteiger partial charge in [-0.3, -0.25) is 9.63 Å². The number of hydrogen-bond donors (Lipinski definition) is 7. The maximum Gasteiger partial charge on any atom is 0.245 e. The molecule has 3 heterocycles. The first kappa shape index (κ1) is 18.7. The molecule has 8 N–H and O–H groups in total. The lowest BCUT2D eigenvalue weighted by Crippen LogP contribution is -2.77. The Hall–Kier alpha value is -2.12. The number of guanidine groups is 1. The van der Waals surface area contributed by atoms with Gasteiger partial charge in [0.15, 0.2) is 11.6 Å². The van der Waals surface area contributed by atoms with Gasteiger partial charge in [0.1, 0.15) is 18.2 Å². The summed E-state index contributed by atoms with van der Waals surface area (Å²) in [6.07, 6.45) is -1.52. The van der Waals surface area contributed by atoms with Crippen molar-refractivity contribution in [2.45, 2.75) is 36.1 Å². The molecular formula is C14H24N6O6. The van der Waals surface area contributed by atoms with Crippen LogP contribution in [0.1, 0.15) is 6.42 Å². The van der Waals surface area contributed by atoms with Crippen molar-refractivity contribution in [3.63, 3.8) is 0 Å². The summed E-state index contributed by atoms with van der Waals surface area (Å²) >= 11 is 0. The molecule has 1 amide bonds. The Labute approximate surface area is 149 Å². The molecular weight excluding hydrogens is 348 g/mol. The highest BCUT2D eigenvalue weighted by molar-refractivity contribution is 5.81. The first-order valence-electron chi connectivity index (χ1n) is 8.10. The van der Waals surface area contributed by atoms with Crippen molar-refractivity contribution in [3.05, 3.63) is 12.4 Å². The maximum absolute atomic E-state index is 11.7. The van der Waals surface area contributed by atoms with E-state index in [0.29, 0.717) is 0 Å². The van der Waals surface area contributed by atoms with E-state index in [1.807, 2.05) is 0 Å². The lowest BCUT2D eigenvalue weighted by Gasteiger charge is -2.50. The van der Waals surface area contributed by atoms with Gasteiger partial charge in [0.25, 0.3) is 0 Å². The van der Waals surface area contributed by atoms with Crippen molar-refractivity contribution < 1.29 is 30.1 Å². The highest BCUT2D eigenvalue weighted by atomic mass is 16.6. The summed E-state index contributed by atoms with van der Waals surface area (Å²) in [6.45, 7) is 3.41. The largest absolute Gasteiger partial charge is 0.394 e. The minimum Gasteiger partial charge on any atom is -0.394 e. The van der Waals surface area contributed by atoms with Gasteiger partial charge in [0.05, 0.1) is 26.1 Å². The molecule has 0 radical (unpaired) electrons. The van der Waals surface area contributed by atoms with Crippen LogP contribution in [-0.2, 0) is 9.63 Å². The van der Waals surface area contributed by atoms with Crippen LogP contribution in [0.5, 0.6) is 0 Å². The van der Waals surface area contributed by atoms with Crippen molar-refractivity contribution in [1.29, 1.82) is 0 Å². The third kappa shape index (κ3) is 2.34. The Morgan fingerprint density at radius 1 is 1.58 bits per heavy atom. The average Bonchev–Trinajstić information content (AvgIpc) is 2.98. The molecule has 0 aromatic rings. The quantitative estimate of drug-likeness (QED) is 0.184. The Bertz CT molecular complexity index is 641. The molecule has 3 aliphatic heterocycles. The van der Waals surface area contributed by atoms with Gasteiger partial charge in [-0.15, -0.1) is 0 Å². The van der Waals surface area contributed by atoms with Gasteiger partial charge >= 0.3 is 0 Å². The predicted octanol–water partition coefficient (Wildman–Crippen LogP) is -4.46. The first-order valence-corrected chi connectivity index (χ1v) is 8.10. The first-order chi connectivity index (χ1) is 12.2. The van der Waals surface area contributed by atoms with Crippen molar-refractivity contribution >= 4 is 11.9 Å². The molecule has 12 nitrogen and oxygen atoms in total. The highest BCUT2D eigenvalue weighted by Crippen LogP contribution is 2.47. The molecule has 0 unspecified atom stereocenters. The van der Waals surface area contributed by atoms with Gasteiger partial charge in [-0.05, 0) is 0 Å². The molecule has 2 saturated heterocycles. The second kappa shape index (κ2) is 6.25. The zero-order valence-electron chi connectivity index (χ0n) is 14.3. The predicted molar refractivity (Wildman–Crippen MR) is 87.6 cm³/mol. The number of amides is 1. The number of carbonyl (C=O) groups excluding carboxylic acids is 1. The van der Waals surface area contributed by atoms with Gasteiger partial charge in [-0.2, -0.15) is 0 Å². The van der Waals surface area contributed by atoms with Crippen LogP contribution in [0.15, 0.2) is 17.4 Å². The van der Waals surface area contributed by atoms with Gasteiger partial charge in [0, 0.05) is 13.0 Å². The van der Waals surface area contributed by atoms with E-state index >= 15 is 0 Å². The van der Waals surface area contributed by atoms with Crippen LogP contribution in [0, 0.1) is 0 Å². The molecule has 12 heteroatoms. The van der Waals surface area contributed by atoms with Gasteiger partial charge in [-0.1, -0.05) is 6.58 Å². The average molecular weight is 372 g/mol. The fraction of sp³-hybridized carbons (Fsp3) is 0.714. The molecule has 0 aromatic heterocycles. The molecule has 0 aliphatic carbocycles. The van der Waals surface area contributed by atoms with Crippen LogP contribution >= 0.6 is 0 Å². The molecule has 0 bridgehead atoms. The topological polar surface area (TPSA) is 176 Å². The SMILES string of the molecule is C=C1N[C@@]23[C@H]([C@H](CO)N=C(N)N2C[C@H](O)C3(O)O)N1CCC(=O)NOC. The summed E-state index contributed by atoms with van der Waals surface area (Å²) in [5.74, 6) is -2.74. The Morgan fingerprint density at radius 2 is 2.27 bits per heavy atom. The summed E-state index contributed by atoms with van der Waals surface area (Å²) in [5.41, 5.74) is 6.46. The molecule has 0 aromatic carbocycles. The summed E-state index contributed by atoms with van der Waals surface area (Å²) in [6, 6.07) is -1.66. The molecule has 3 rings (SSSR count). The van der Waals surface area contributed by atoms with Gasteiger partial charge in [-0.25, -0.2) is 10.5 Å². The number of aliphatic imine (C=N–C) groups is 1. The highest BCUT2D eigenvalue weighted by Gasteiger charge is 2.74. The van der Waals surface area contributed by atoms with Crippen molar-refractivity contribution in [1.82, 2.24) is 20.6 Å². The zero-order chi connectivity index (χ0) is 19.3. The molecule has 1 spiro atoms. The lowest BCUT2D eigenvalue weighted by atomic mass is 9.85. The van der Waals surface area contributed by atoms with Crippen LogP contribution < -0.4 is 16.5 Å². The second-order valence-corrected chi connectivity index (χ2v) is 6.55. The zero-order valence-corrected chi connectivity index (χ0v) is 14.3. The number of nitrogens with two attached hydrogens (primary N) is 1. The summed E-state index contributed by atoms with van der Waals surface area (Å²) in [5, 5.41) is 44.3. The molecule has 4 atom stereocenters. The lowest BCUT2D eigenvalue weighted by molar-refractivity contribution is -0.261. The third-order valence-electron chi connectivity index (χ3n) is 5.17.